The second kappa shape index (κ2) is 15.6. The maximum atomic E-state index is 11.9. The Morgan fingerprint density at radius 3 is 1.87 bits per heavy atom. The van der Waals surface area contributed by atoms with Crippen LogP contribution in [0.3, 0.4) is 0 Å². The van der Waals surface area contributed by atoms with Crippen molar-refractivity contribution in [1.82, 2.24) is 10.2 Å². The molecule has 2 rings (SSSR count). The lowest BCUT2D eigenvalue weighted by Gasteiger charge is -2.37. The highest BCUT2D eigenvalue weighted by atomic mass is 16.7. The monoisotopic (exact) mass is 422 g/mol. The number of esters is 1. The summed E-state index contributed by atoms with van der Waals surface area (Å²) in [5.74, 6) is 0.493. The third kappa shape index (κ3) is 9.72. The molecule has 2 bridgehead atoms. The molecule has 2 aliphatic heterocycles. The minimum Gasteiger partial charge on any atom is -0.443 e. The van der Waals surface area contributed by atoms with E-state index in [1.165, 1.54) is 83.5 Å². The van der Waals surface area contributed by atoms with Gasteiger partial charge in [-0.2, -0.15) is 0 Å². The van der Waals surface area contributed by atoms with Gasteiger partial charge < -0.3 is 19.7 Å². The van der Waals surface area contributed by atoms with Gasteiger partial charge in [0.05, 0.1) is 0 Å². The fourth-order valence-electron chi connectivity index (χ4n) is 4.78. The van der Waals surface area contributed by atoms with Crippen molar-refractivity contribution in [3.8, 4) is 0 Å². The zero-order valence-corrected chi connectivity index (χ0v) is 19.5. The van der Waals surface area contributed by atoms with E-state index in [0.717, 1.165) is 25.9 Å². The Morgan fingerprint density at radius 1 is 0.833 bits per heavy atom. The summed E-state index contributed by atoms with van der Waals surface area (Å²) < 4.78 is 10.8. The highest BCUT2D eigenvalue weighted by Crippen LogP contribution is 2.30. The molecule has 2 unspecified atom stereocenters. The molecule has 0 saturated carbocycles. The number of carbonyl (C=O) groups is 1. The molecule has 2 heterocycles. The first kappa shape index (κ1) is 25.0. The molecule has 0 amide bonds. The Balaban J connectivity index is 1.35. The number of hydrogen-bond acceptors (Lipinski definition) is 5. The van der Waals surface area contributed by atoms with Crippen LogP contribution in [0, 0.1) is 0 Å². The summed E-state index contributed by atoms with van der Waals surface area (Å²) in [5.41, 5.74) is 0. The topological polar surface area (TPSA) is 50.8 Å². The van der Waals surface area contributed by atoms with Crippen molar-refractivity contribution >= 4 is 5.97 Å². The lowest BCUT2D eigenvalue weighted by Crippen LogP contribution is -2.51. The molecule has 174 valence electrons. The molecular formula is C25H46N2O3. The van der Waals surface area contributed by atoms with E-state index < -0.39 is 0 Å². The smallest absolute Gasteiger partial charge is 0.308 e. The van der Waals surface area contributed by atoms with E-state index in [1.54, 1.807) is 0 Å². The van der Waals surface area contributed by atoms with E-state index >= 15 is 0 Å². The van der Waals surface area contributed by atoms with Crippen LogP contribution in [0.4, 0.5) is 0 Å². The van der Waals surface area contributed by atoms with Crippen LogP contribution in [0.1, 0.15) is 110 Å². The Bertz CT molecular complexity index is 467. The zero-order valence-electron chi connectivity index (χ0n) is 19.5. The summed E-state index contributed by atoms with van der Waals surface area (Å²) in [4.78, 5) is 14.1. The number of carbonyl (C=O) groups excluding carboxylic acids is 1. The number of nitrogens with one attached hydrogen (secondary N) is 1. The first-order valence-corrected chi connectivity index (χ1v) is 12.7. The molecule has 0 aliphatic carbocycles. The van der Waals surface area contributed by atoms with Gasteiger partial charge in [-0.05, 0) is 25.8 Å². The van der Waals surface area contributed by atoms with E-state index in [2.05, 4.69) is 23.7 Å². The highest BCUT2D eigenvalue weighted by Gasteiger charge is 2.37. The summed E-state index contributed by atoms with van der Waals surface area (Å²) in [6.45, 7) is 8.26. The summed E-state index contributed by atoms with van der Waals surface area (Å²) in [7, 11) is 0. The maximum absolute atomic E-state index is 11.9. The van der Waals surface area contributed by atoms with Crippen LogP contribution in [0.2, 0.25) is 0 Å². The van der Waals surface area contributed by atoms with Crippen molar-refractivity contribution in [3.05, 3.63) is 12.5 Å². The highest BCUT2D eigenvalue weighted by molar-refractivity contribution is 5.69. The van der Waals surface area contributed by atoms with Gasteiger partial charge in [0.25, 0.3) is 0 Å². The largest absolute Gasteiger partial charge is 0.443 e. The molecule has 0 aromatic carbocycles. The lowest BCUT2D eigenvalue weighted by atomic mass is 10.0. The van der Waals surface area contributed by atoms with Crippen molar-refractivity contribution in [2.75, 3.05) is 19.9 Å². The van der Waals surface area contributed by atoms with Gasteiger partial charge in [0, 0.05) is 31.6 Å². The van der Waals surface area contributed by atoms with Crippen LogP contribution in [-0.2, 0) is 14.3 Å². The van der Waals surface area contributed by atoms with Crippen LogP contribution in [0.25, 0.3) is 0 Å². The predicted octanol–water partition coefficient (Wildman–Crippen LogP) is 5.89. The number of nitrogens with zero attached hydrogens (tertiary/aromatic N) is 1. The van der Waals surface area contributed by atoms with Gasteiger partial charge in [0.15, 0.2) is 5.88 Å². The number of fused-ring (bicyclic) bond motifs is 2. The molecule has 2 fully saturated rings. The molecule has 2 aliphatic rings. The van der Waals surface area contributed by atoms with Gasteiger partial charge in [-0.15, -0.1) is 0 Å². The fraction of sp³-hybridized carbons (Fsp3) is 0.880. The number of unbranched alkanes of at least 4 members (excludes halogenated alkanes) is 12. The van der Waals surface area contributed by atoms with Gasteiger partial charge in [-0.1, -0.05) is 84.0 Å². The number of rotatable bonds is 18. The third-order valence-electron chi connectivity index (χ3n) is 6.60. The van der Waals surface area contributed by atoms with E-state index in [1.807, 2.05) is 0 Å². The average molecular weight is 423 g/mol. The minimum absolute atomic E-state index is 0.0144. The SMILES string of the molecule is C=C(OCOC(=O)CCCCCCCCCCCCCCC)N1C2CCC1CNC2. The predicted molar refractivity (Wildman–Crippen MR) is 123 cm³/mol. The zero-order chi connectivity index (χ0) is 21.4. The van der Waals surface area contributed by atoms with Gasteiger partial charge in [-0.3, -0.25) is 4.79 Å². The van der Waals surface area contributed by atoms with E-state index in [9.17, 15) is 4.79 Å². The second-order valence-corrected chi connectivity index (χ2v) is 9.12. The molecule has 5 heteroatoms. The number of hydrogen-bond donors (Lipinski definition) is 1. The van der Waals surface area contributed by atoms with Crippen molar-refractivity contribution in [3.63, 3.8) is 0 Å². The van der Waals surface area contributed by atoms with Crippen LogP contribution in [-0.4, -0.2) is 42.8 Å². The lowest BCUT2D eigenvalue weighted by molar-refractivity contribution is -0.155. The van der Waals surface area contributed by atoms with E-state index in [4.69, 9.17) is 9.47 Å². The molecule has 0 spiro atoms. The summed E-state index contributed by atoms with van der Waals surface area (Å²) in [6, 6.07) is 0.940. The first-order valence-electron chi connectivity index (χ1n) is 12.7. The second-order valence-electron chi connectivity index (χ2n) is 9.12. The normalized spacial score (nSPS) is 20.4. The van der Waals surface area contributed by atoms with Gasteiger partial charge >= 0.3 is 5.97 Å². The van der Waals surface area contributed by atoms with E-state index in [-0.39, 0.29) is 12.8 Å². The van der Waals surface area contributed by atoms with Crippen LogP contribution < -0.4 is 5.32 Å². The van der Waals surface area contributed by atoms with Crippen LogP contribution in [0.5, 0.6) is 0 Å². The Kier molecular flexibility index (Phi) is 13.0. The quantitative estimate of drug-likeness (QED) is 0.129. The minimum atomic E-state index is -0.158. The Morgan fingerprint density at radius 2 is 1.33 bits per heavy atom. The van der Waals surface area contributed by atoms with Crippen molar-refractivity contribution in [2.24, 2.45) is 0 Å². The van der Waals surface area contributed by atoms with Gasteiger partial charge in [0.1, 0.15) is 0 Å². The van der Waals surface area contributed by atoms with Gasteiger partial charge in [0.2, 0.25) is 6.79 Å². The molecule has 5 nitrogen and oxygen atoms in total. The van der Waals surface area contributed by atoms with Gasteiger partial charge in [-0.25, -0.2) is 0 Å². The van der Waals surface area contributed by atoms with Crippen molar-refractivity contribution < 1.29 is 14.3 Å². The molecular weight excluding hydrogens is 376 g/mol. The Labute approximate surface area is 184 Å². The molecule has 0 aromatic heterocycles. The average Bonchev–Trinajstić information content (AvgIpc) is 3.00. The summed E-state index contributed by atoms with van der Waals surface area (Å²) in [5, 5.41) is 3.44. The summed E-state index contributed by atoms with van der Waals surface area (Å²) >= 11 is 0. The van der Waals surface area contributed by atoms with Crippen LogP contribution >= 0.6 is 0 Å². The number of ether oxygens (including phenoxy) is 2. The maximum Gasteiger partial charge on any atom is 0.308 e. The third-order valence-corrected chi connectivity index (χ3v) is 6.60. The molecule has 0 aromatic rings. The summed E-state index contributed by atoms with van der Waals surface area (Å²) in [6.07, 6.45) is 19.9. The molecule has 2 saturated heterocycles. The molecule has 30 heavy (non-hydrogen) atoms. The van der Waals surface area contributed by atoms with Crippen molar-refractivity contribution in [1.29, 1.82) is 0 Å². The van der Waals surface area contributed by atoms with Crippen molar-refractivity contribution in [2.45, 2.75) is 122 Å². The van der Waals surface area contributed by atoms with Crippen LogP contribution in [0.15, 0.2) is 12.5 Å². The molecule has 1 N–H and O–H groups in total. The number of piperazine rings is 1. The standard InChI is InChI=1S/C25H46N2O3/c1-3-4-5-6-7-8-9-10-11-12-13-14-15-16-25(28)30-21-29-22(2)27-23-17-18-24(27)20-26-19-23/h23-24,26H,2-21H2,1H3. The van der Waals surface area contributed by atoms with E-state index in [0.29, 0.717) is 24.4 Å². The molecule has 0 radical (unpaired) electrons. The Hall–Kier alpha value is -1.23. The molecule has 2 atom stereocenters. The fourth-order valence-corrected chi connectivity index (χ4v) is 4.78. The first-order chi connectivity index (χ1) is 14.7.